The summed E-state index contributed by atoms with van der Waals surface area (Å²) in [7, 11) is 0. The fourth-order valence-corrected chi connectivity index (χ4v) is 3.23. The van der Waals surface area contributed by atoms with Gasteiger partial charge in [0.1, 0.15) is 11.5 Å². The van der Waals surface area contributed by atoms with Gasteiger partial charge in [-0.25, -0.2) is 4.79 Å². The van der Waals surface area contributed by atoms with Crippen LogP contribution in [-0.4, -0.2) is 21.1 Å². The first-order valence-electron chi connectivity index (χ1n) is 10.2. The van der Waals surface area contributed by atoms with E-state index in [-0.39, 0.29) is 5.69 Å². The smallest absolute Gasteiger partial charge is 0.351 e. The zero-order valence-corrected chi connectivity index (χ0v) is 18.3. The molecule has 0 amide bonds. The quantitative estimate of drug-likeness (QED) is 0.377. The molecular weight excluding hydrogens is 426 g/mol. The topological polar surface area (TPSA) is 66.2 Å². The molecule has 0 bridgehead atoms. The Labute approximate surface area is 191 Å². The lowest BCUT2D eigenvalue weighted by atomic mass is 10.1. The van der Waals surface area contributed by atoms with Crippen LogP contribution in [0.4, 0.5) is 0 Å². The van der Waals surface area contributed by atoms with Crippen molar-refractivity contribution in [1.29, 1.82) is 0 Å². The molecule has 6 nitrogen and oxygen atoms in total. The fourth-order valence-electron chi connectivity index (χ4n) is 3.12. The molecule has 0 fully saturated rings. The highest BCUT2D eigenvalue weighted by molar-refractivity contribution is 6.31. The summed E-state index contributed by atoms with van der Waals surface area (Å²) in [5.41, 5.74) is 2.64. The zero-order chi connectivity index (χ0) is 22.3. The van der Waals surface area contributed by atoms with E-state index in [4.69, 9.17) is 21.1 Å². The van der Waals surface area contributed by atoms with E-state index in [0.717, 1.165) is 28.2 Å². The van der Waals surface area contributed by atoms with Crippen LogP contribution in [0.3, 0.4) is 0 Å². The van der Waals surface area contributed by atoms with Gasteiger partial charge in [0.05, 0.1) is 13.2 Å². The number of nitrogens with zero attached hydrogens (tertiary/aromatic N) is 3. The highest BCUT2D eigenvalue weighted by Gasteiger charge is 2.04. The number of pyridine rings is 1. The summed E-state index contributed by atoms with van der Waals surface area (Å²) < 4.78 is 13.1. The Morgan fingerprint density at radius 3 is 2.53 bits per heavy atom. The monoisotopic (exact) mass is 447 g/mol. The molecule has 0 spiro atoms. The minimum atomic E-state index is -0.356. The van der Waals surface area contributed by atoms with Crippen LogP contribution in [0.15, 0.2) is 84.0 Å². The van der Waals surface area contributed by atoms with Gasteiger partial charge in [0, 0.05) is 36.1 Å². The van der Waals surface area contributed by atoms with Crippen LogP contribution in [0.25, 0.3) is 0 Å². The van der Waals surface area contributed by atoms with E-state index in [0.29, 0.717) is 30.5 Å². The van der Waals surface area contributed by atoms with Gasteiger partial charge in [-0.1, -0.05) is 29.8 Å². The van der Waals surface area contributed by atoms with Crippen molar-refractivity contribution in [1.82, 2.24) is 14.5 Å². The van der Waals surface area contributed by atoms with E-state index in [9.17, 15) is 4.79 Å². The molecule has 0 aliphatic carbocycles. The summed E-state index contributed by atoms with van der Waals surface area (Å²) in [6.07, 6.45) is 5.79. The van der Waals surface area contributed by atoms with Crippen molar-refractivity contribution in [2.45, 2.75) is 19.9 Å². The Hall–Kier alpha value is -3.64. The lowest BCUT2D eigenvalue weighted by molar-refractivity contribution is 0.306. The van der Waals surface area contributed by atoms with Crippen molar-refractivity contribution in [3.05, 3.63) is 111 Å². The Balaban J connectivity index is 1.29. The van der Waals surface area contributed by atoms with E-state index in [1.807, 2.05) is 61.5 Å². The van der Waals surface area contributed by atoms with Gasteiger partial charge >= 0.3 is 5.69 Å². The molecule has 0 aliphatic rings. The molecule has 4 aromatic rings. The summed E-state index contributed by atoms with van der Waals surface area (Å²) in [5, 5.41) is 0.716. The molecule has 7 heteroatoms. The van der Waals surface area contributed by atoms with Gasteiger partial charge in [-0.15, -0.1) is 0 Å². The van der Waals surface area contributed by atoms with Gasteiger partial charge in [-0.2, -0.15) is 4.98 Å². The van der Waals surface area contributed by atoms with Gasteiger partial charge in [0.25, 0.3) is 0 Å². The van der Waals surface area contributed by atoms with Crippen LogP contribution in [0, 0.1) is 6.92 Å². The average Bonchev–Trinajstić information content (AvgIpc) is 2.80. The Morgan fingerprint density at radius 2 is 1.81 bits per heavy atom. The van der Waals surface area contributed by atoms with Crippen molar-refractivity contribution in [2.75, 3.05) is 6.61 Å². The number of hydrogen-bond acceptors (Lipinski definition) is 5. The number of ether oxygens (including phenoxy) is 2. The van der Waals surface area contributed by atoms with Crippen LogP contribution in [0.2, 0.25) is 5.02 Å². The maximum atomic E-state index is 12.2. The molecule has 0 unspecified atom stereocenters. The maximum absolute atomic E-state index is 12.2. The third-order valence-electron chi connectivity index (χ3n) is 4.85. The van der Waals surface area contributed by atoms with Crippen LogP contribution in [0.5, 0.6) is 17.4 Å². The summed E-state index contributed by atoms with van der Waals surface area (Å²) >= 11 is 6.05. The second-order valence-corrected chi connectivity index (χ2v) is 7.70. The molecule has 2 aromatic carbocycles. The molecular formula is C25H22ClN3O3. The van der Waals surface area contributed by atoms with Crippen molar-refractivity contribution in [2.24, 2.45) is 0 Å². The van der Waals surface area contributed by atoms with Crippen LogP contribution < -0.4 is 15.2 Å². The van der Waals surface area contributed by atoms with E-state index in [1.165, 1.54) is 4.57 Å². The Bertz CT molecular complexity index is 1240. The van der Waals surface area contributed by atoms with Crippen LogP contribution >= 0.6 is 11.6 Å². The Kier molecular flexibility index (Phi) is 6.82. The van der Waals surface area contributed by atoms with Gasteiger partial charge in [-0.05, 0) is 60.0 Å². The first kappa shape index (κ1) is 21.6. The molecule has 0 atom stereocenters. The molecule has 0 N–H and O–H groups in total. The normalized spacial score (nSPS) is 10.7. The third kappa shape index (κ3) is 5.74. The second kappa shape index (κ2) is 10.1. The molecule has 2 aromatic heterocycles. The zero-order valence-electron chi connectivity index (χ0n) is 17.6. The lowest BCUT2D eigenvalue weighted by Crippen LogP contribution is -2.23. The van der Waals surface area contributed by atoms with Gasteiger partial charge in [-0.3, -0.25) is 9.55 Å². The van der Waals surface area contributed by atoms with E-state index < -0.39 is 0 Å². The van der Waals surface area contributed by atoms with Crippen molar-refractivity contribution in [3.8, 4) is 17.4 Å². The summed E-state index contributed by atoms with van der Waals surface area (Å²) in [5.74, 6) is 1.80. The minimum absolute atomic E-state index is 0.315. The first-order chi connectivity index (χ1) is 15.6. The Morgan fingerprint density at radius 1 is 1.00 bits per heavy atom. The fraction of sp³-hybridized carbons (Fsp3) is 0.160. The van der Waals surface area contributed by atoms with Gasteiger partial charge in [0.2, 0.25) is 5.88 Å². The SMILES string of the molecule is Cc1cc(Oc2ccc(CCOc3ccn(Cc4cccnc4)c(=O)n3)cc2)ccc1Cl. The molecule has 0 saturated carbocycles. The molecule has 32 heavy (non-hydrogen) atoms. The van der Waals surface area contributed by atoms with Crippen molar-refractivity contribution in [3.63, 3.8) is 0 Å². The number of aromatic nitrogens is 3. The van der Waals surface area contributed by atoms with E-state index in [1.54, 1.807) is 24.7 Å². The van der Waals surface area contributed by atoms with Crippen molar-refractivity contribution >= 4 is 11.6 Å². The van der Waals surface area contributed by atoms with Gasteiger partial charge < -0.3 is 9.47 Å². The number of benzene rings is 2. The second-order valence-electron chi connectivity index (χ2n) is 7.29. The predicted molar refractivity (Wildman–Crippen MR) is 124 cm³/mol. The number of aryl methyl sites for hydroxylation is 1. The van der Waals surface area contributed by atoms with Gasteiger partial charge in [0.15, 0.2) is 0 Å². The van der Waals surface area contributed by atoms with E-state index >= 15 is 0 Å². The highest BCUT2D eigenvalue weighted by atomic mass is 35.5. The summed E-state index contributed by atoms with van der Waals surface area (Å²) in [4.78, 5) is 20.3. The summed E-state index contributed by atoms with van der Waals surface area (Å²) in [6, 6.07) is 18.8. The standard InChI is InChI=1S/C25H22ClN3O3/c1-18-15-22(8-9-23(18)26)32-21-6-4-19(5-7-21)11-14-31-24-10-13-29(25(30)28-24)17-20-3-2-12-27-16-20/h2-10,12-13,15-16H,11,14,17H2,1H3. The molecule has 4 rings (SSSR count). The highest BCUT2D eigenvalue weighted by Crippen LogP contribution is 2.26. The maximum Gasteiger partial charge on any atom is 0.351 e. The number of rotatable bonds is 8. The molecule has 162 valence electrons. The van der Waals surface area contributed by atoms with Crippen LogP contribution in [-0.2, 0) is 13.0 Å². The molecule has 0 saturated heterocycles. The first-order valence-corrected chi connectivity index (χ1v) is 10.6. The molecule has 0 aliphatic heterocycles. The van der Waals surface area contributed by atoms with Crippen molar-refractivity contribution < 1.29 is 9.47 Å². The predicted octanol–water partition coefficient (Wildman–Crippen LogP) is 5.06. The number of halogens is 1. The average molecular weight is 448 g/mol. The van der Waals surface area contributed by atoms with E-state index in [2.05, 4.69) is 9.97 Å². The largest absolute Gasteiger partial charge is 0.477 e. The minimum Gasteiger partial charge on any atom is -0.477 e. The van der Waals surface area contributed by atoms with Crippen LogP contribution in [0.1, 0.15) is 16.7 Å². The third-order valence-corrected chi connectivity index (χ3v) is 5.28. The number of hydrogen-bond donors (Lipinski definition) is 0. The lowest BCUT2D eigenvalue weighted by Gasteiger charge is -2.09. The molecule has 2 heterocycles. The summed E-state index contributed by atoms with van der Waals surface area (Å²) in [6.45, 7) is 2.77. The molecule has 0 radical (unpaired) electrons.